The Hall–Kier alpha value is -4.27. The molecule has 0 aliphatic heterocycles. The van der Waals surface area contributed by atoms with E-state index >= 15 is 0 Å². The number of hydroxylamine groups is 1. The number of likely N-dealkylation sites (N-methyl/N-ethyl adjacent to an activating group) is 1. The molecule has 3 N–H and O–H groups in total. The summed E-state index contributed by atoms with van der Waals surface area (Å²) in [4.78, 5) is 44.0. The summed E-state index contributed by atoms with van der Waals surface area (Å²) in [5.41, 5.74) is 0.287. The number of aryl methyl sites for hydroxylation is 1. The van der Waals surface area contributed by atoms with Crippen LogP contribution < -0.4 is 21.5 Å². The number of para-hydroxylation sites is 1. The van der Waals surface area contributed by atoms with Gasteiger partial charge in [-0.1, -0.05) is 18.2 Å². The van der Waals surface area contributed by atoms with E-state index in [0.29, 0.717) is 11.5 Å². The van der Waals surface area contributed by atoms with Crippen molar-refractivity contribution in [2.24, 2.45) is 7.05 Å². The van der Waals surface area contributed by atoms with E-state index in [9.17, 15) is 28.0 Å². The molecule has 1 unspecified atom stereocenters. The maximum absolute atomic E-state index is 13.3. The molecule has 0 saturated carbocycles. The first-order valence-electron chi connectivity index (χ1n) is 11.0. The van der Waals surface area contributed by atoms with Crippen LogP contribution in [-0.4, -0.2) is 56.0 Å². The zero-order valence-corrected chi connectivity index (χ0v) is 20.7. The monoisotopic (exact) mass is 528 g/mol. The Balaban J connectivity index is 1.57. The molecule has 0 bridgehead atoms. The quantitative estimate of drug-likeness (QED) is 0.212. The number of nitrogens with one attached hydrogen (secondary N) is 2. The molecule has 13 nitrogen and oxygen atoms in total. The molecule has 0 aliphatic carbocycles. The van der Waals surface area contributed by atoms with Crippen molar-refractivity contribution < 1.29 is 23.2 Å². The van der Waals surface area contributed by atoms with Gasteiger partial charge in [-0.2, -0.15) is 4.31 Å². The number of carbonyl (C=O) groups is 1. The third kappa shape index (κ3) is 5.16. The predicted octanol–water partition coefficient (Wildman–Crippen LogP) is 0.800. The van der Waals surface area contributed by atoms with Crippen LogP contribution >= 0.6 is 0 Å². The molecule has 2 heterocycles. The van der Waals surface area contributed by atoms with E-state index in [1.807, 2.05) is 6.07 Å². The van der Waals surface area contributed by atoms with Gasteiger partial charge in [0.05, 0.1) is 11.2 Å². The highest BCUT2D eigenvalue weighted by Crippen LogP contribution is 2.25. The van der Waals surface area contributed by atoms with E-state index in [1.165, 1.54) is 47.7 Å². The fraction of sp³-hybridized carbons (Fsp3) is 0.217. The maximum Gasteiger partial charge on any atom is 0.330 e. The number of benzene rings is 2. The standard InChI is InChI=1S/C23H24N6O7S/c1-27-14-24-20-19(27)22(31)29(23(32)25-20)13-12-18(21(30)26-33)28(2)37(34,35)17-10-8-16(9-11-17)36-15-6-4-3-5-7-15/h3-11,14,18,33H,12-13H2,1-2H3,(H,25,32)(H,26,30). The van der Waals surface area contributed by atoms with E-state index in [4.69, 9.17) is 4.74 Å². The second-order valence-electron chi connectivity index (χ2n) is 8.13. The first-order valence-corrected chi connectivity index (χ1v) is 12.5. The lowest BCUT2D eigenvalue weighted by Gasteiger charge is -2.26. The van der Waals surface area contributed by atoms with Crippen molar-refractivity contribution in [3.8, 4) is 11.5 Å². The first-order chi connectivity index (χ1) is 17.6. The largest absolute Gasteiger partial charge is 0.457 e. The molecule has 0 fully saturated rings. The second-order valence-corrected chi connectivity index (χ2v) is 10.1. The van der Waals surface area contributed by atoms with E-state index in [-0.39, 0.29) is 29.0 Å². The number of nitrogens with zero attached hydrogens (tertiary/aromatic N) is 4. The summed E-state index contributed by atoms with van der Waals surface area (Å²) in [6.07, 6.45) is 1.08. The number of aromatic nitrogens is 4. The molecule has 1 amide bonds. The van der Waals surface area contributed by atoms with Crippen LogP contribution in [0.1, 0.15) is 6.42 Å². The molecule has 37 heavy (non-hydrogen) atoms. The van der Waals surface area contributed by atoms with Crippen LogP contribution in [0.2, 0.25) is 0 Å². The molecule has 4 aromatic rings. The molecular formula is C23H24N6O7S. The summed E-state index contributed by atoms with van der Waals surface area (Å²) < 4.78 is 35.3. The van der Waals surface area contributed by atoms with Crippen molar-refractivity contribution in [2.45, 2.75) is 23.9 Å². The van der Waals surface area contributed by atoms with Crippen LogP contribution in [0.4, 0.5) is 0 Å². The number of amides is 1. The summed E-state index contributed by atoms with van der Waals surface area (Å²) >= 11 is 0. The lowest BCUT2D eigenvalue weighted by atomic mass is 10.2. The molecule has 0 saturated heterocycles. The number of hydrogen-bond donors (Lipinski definition) is 3. The highest BCUT2D eigenvalue weighted by atomic mass is 32.2. The van der Waals surface area contributed by atoms with Crippen molar-refractivity contribution in [3.05, 3.63) is 81.8 Å². The number of aromatic amines is 1. The molecule has 194 valence electrons. The van der Waals surface area contributed by atoms with Crippen LogP contribution in [0, 0.1) is 0 Å². The van der Waals surface area contributed by atoms with Gasteiger partial charge in [0.25, 0.3) is 11.5 Å². The Kier molecular flexibility index (Phi) is 7.24. The third-order valence-electron chi connectivity index (χ3n) is 5.81. The van der Waals surface area contributed by atoms with Crippen molar-refractivity contribution in [3.63, 3.8) is 0 Å². The van der Waals surface area contributed by atoms with Crippen LogP contribution in [0.3, 0.4) is 0 Å². The first kappa shape index (κ1) is 25.8. The molecule has 1 atom stereocenters. The summed E-state index contributed by atoms with van der Waals surface area (Å²) in [5.74, 6) is -0.0488. The van der Waals surface area contributed by atoms with Crippen LogP contribution in [0.25, 0.3) is 11.2 Å². The highest BCUT2D eigenvalue weighted by Gasteiger charge is 2.33. The topological polar surface area (TPSA) is 169 Å². The van der Waals surface area contributed by atoms with Gasteiger partial charge in [0.1, 0.15) is 17.5 Å². The molecule has 4 rings (SSSR count). The fourth-order valence-electron chi connectivity index (χ4n) is 3.81. The van der Waals surface area contributed by atoms with Crippen molar-refractivity contribution >= 4 is 27.1 Å². The SMILES string of the molecule is CN(C(CCn1c(=O)[nH]c2ncn(C)c2c1=O)C(=O)NO)S(=O)(=O)c1ccc(Oc2ccccc2)cc1. The molecule has 0 radical (unpaired) electrons. The molecule has 2 aromatic carbocycles. The van der Waals surface area contributed by atoms with Gasteiger partial charge in [-0.15, -0.1) is 0 Å². The maximum atomic E-state index is 13.3. The third-order valence-corrected chi connectivity index (χ3v) is 7.69. The average molecular weight is 529 g/mol. The lowest BCUT2D eigenvalue weighted by Crippen LogP contribution is -2.48. The Morgan fingerprint density at radius 3 is 2.43 bits per heavy atom. The van der Waals surface area contributed by atoms with Gasteiger partial charge in [0.15, 0.2) is 11.2 Å². The minimum absolute atomic E-state index is 0.109. The number of ether oxygens (including phenoxy) is 1. The number of imidazole rings is 1. The summed E-state index contributed by atoms with van der Waals surface area (Å²) in [6, 6.07) is 13.1. The molecule has 14 heteroatoms. The summed E-state index contributed by atoms with van der Waals surface area (Å²) in [5, 5.41) is 9.24. The zero-order chi connectivity index (χ0) is 26.7. The number of H-pyrrole nitrogens is 1. The average Bonchev–Trinajstić information content (AvgIpc) is 3.26. The second kappa shape index (κ2) is 10.4. The number of sulfonamides is 1. The van der Waals surface area contributed by atoms with E-state index in [0.717, 1.165) is 8.87 Å². The summed E-state index contributed by atoms with van der Waals surface area (Å²) in [7, 11) is -1.47. The van der Waals surface area contributed by atoms with Crippen LogP contribution in [0.5, 0.6) is 11.5 Å². The smallest absolute Gasteiger partial charge is 0.330 e. The van der Waals surface area contributed by atoms with E-state index in [2.05, 4.69) is 9.97 Å². The molecule has 2 aromatic heterocycles. The van der Waals surface area contributed by atoms with Crippen LogP contribution in [-0.2, 0) is 28.4 Å². The Bertz CT molecular complexity index is 1640. The fourth-order valence-corrected chi connectivity index (χ4v) is 5.16. The zero-order valence-electron chi connectivity index (χ0n) is 19.9. The van der Waals surface area contributed by atoms with Gasteiger partial charge in [-0.3, -0.25) is 24.3 Å². The Labute approximate surface area is 210 Å². The predicted molar refractivity (Wildman–Crippen MR) is 132 cm³/mol. The van der Waals surface area contributed by atoms with Gasteiger partial charge in [0.2, 0.25) is 10.0 Å². The molecule has 0 spiro atoms. The van der Waals surface area contributed by atoms with Gasteiger partial charge in [0, 0.05) is 20.6 Å². The van der Waals surface area contributed by atoms with Gasteiger partial charge in [-0.25, -0.2) is 23.7 Å². The van der Waals surface area contributed by atoms with Crippen molar-refractivity contribution in [1.29, 1.82) is 0 Å². The van der Waals surface area contributed by atoms with Crippen molar-refractivity contribution in [2.75, 3.05) is 7.05 Å². The highest BCUT2D eigenvalue weighted by molar-refractivity contribution is 7.89. The van der Waals surface area contributed by atoms with Gasteiger partial charge in [-0.05, 0) is 42.8 Å². The molecular weight excluding hydrogens is 504 g/mol. The Morgan fingerprint density at radius 2 is 1.78 bits per heavy atom. The number of rotatable bonds is 9. The van der Waals surface area contributed by atoms with E-state index < -0.39 is 33.2 Å². The lowest BCUT2D eigenvalue weighted by molar-refractivity contribution is -0.133. The van der Waals surface area contributed by atoms with Gasteiger partial charge >= 0.3 is 5.69 Å². The molecule has 0 aliphatic rings. The normalized spacial score (nSPS) is 12.5. The van der Waals surface area contributed by atoms with Gasteiger partial charge < -0.3 is 9.30 Å². The van der Waals surface area contributed by atoms with Crippen molar-refractivity contribution in [1.82, 2.24) is 28.9 Å². The minimum Gasteiger partial charge on any atom is -0.457 e. The minimum atomic E-state index is -4.22. The number of hydrogen-bond acceptors (Lipinski definition) is 8. The number of fused-ring (bicyclic) bond motifs is 1. The number of carbonyl (C=O) groups excluding carboxylic acids is 1. The van der Waals surface area contributed by atoms with E-state index in [1.54, 1.807) is 31.3 Å². The van der Waals surface area contributed by atoms with Crippen LogP contribution in [0.15, 0.2) is 75.4 Å². The summed E-state index contributed by atoms with van der Waals surface area (Å²) in [6.45, 7) is -0.308. The Morgan fingerprint density at radius 1 is 1.14 bits per heavy atom.